The lowest BCUT2D eigenvalue weighted by Crippen LogP contribution is -2.44. The lowest BCUT2D eigenvalue weighted by Gasteiger charge is -2.35. The average Bonchev–Trinajstić information content (AvgIpc) is 3.13. The van der Waals surface area contributed by atoms with E-state index in [1.165, 1.54) is 13.0 Å². The normalized spacial score (nSPS) is 31.6. The zero-order valence-electron chi connectivity index (χ0n) is 13.0. The predicted molar refractivity (Wildman–Crippen MR) is 86.9 cm³/mol. The fraction of sp³-hybridized carbons (Fsp3) is 0.444. The van der Waals surface area contributed by atoms with Crippen molar-refractivity contribution in [2.75, 3.05) is 19.6 Å². The molecular formula is C18H20N4O. The summed E-state index contributed by atoms with van der Waals surface area (Å²) in [7, 11) is 0. The standard InChI is InChI=1S/C18H20N4O/c23-18(16-9-15(19-20-16)12-4-2-1-3-5-12)22-14-8-13-10-21(11-14)7-6-17(13)22/h1-5,9,13-14,17H,6-8,10-11H2,(H,19,20). The fourth-order valence-corrected chi connectivity index (χ4v) is 4.70. The van der Waals surface area contributed by atoms with Gasteiger partial charge in [-0.2, -0.15) is 5.10 Å². The molecule has 1 amide bonds. The van der Waals surface area contributed by atoms with Crippen molar-refractivity contribution in [3.63, 3.8) is 0 Å². The van der Waals surface area contributed by atoms with Crippen molar-refractivity contribution < 1.29 is 4.79 Å². The number of carbonyl (C=O) groups is 1. The number of likely N-dealkylation sites (tertiary alicyclic amines) is 1. The molecule has 23 heavy (non-hydrogen) atoms. The summed E-state index contributed by atoms with van der Waals surface area (Å²) in [5, 5.41) is 7.31. The summed E-state index contributed by atoms with van der Waals surface area (Å²) >= 11 is 0. The molecule has 118 valence electrons. The van der Waals surface area contributed by atoms with Crippen LogP contribution >= 0.6 is 0 Å². The number of aromatic nitrogens is 2. The number of aromatic amines is 1. The Labute approximate surface area is 135 Å². The number of hydrogen-bond donors (Lipinski definition) is 1. The number of carbonyl (C=O) groups excluding carboxylic acids is 1. The first-order valence-corrected chi connectivity index (χ1v) is 8.45. The van der Waals surface area contributed by atoms with E-state index in [-0.39, 0.29) is 5.91 Å². The zero-order valence-corrected chi connectivity index (χ0v) is 13.0. The van der Waals surface area contributed by atoms with Gasteiger partial charge in [-0.15, -0.1) is 0 Å². The molecule has 3 aliphatic heterocycles. The molecular weight excluding hydrogens is 288 g/mol. The van der Waals surface area contributed by atoms with Crippen molar-refractivity contribution in [3.05, 3.63) is 42.1 Å². The molecule has 0 aliphatic carbocycles. The highest BCUT2D eigenvalue weighted by Crippen LogP contribution is 2.41. The second-order valence-electron chi connectivity index (χ2n) is 7.01. The van der Waals surface area contributed by atoms with Crippen LogP contribution in [-0.4, -0.2) is 57.6 Å². The number of fused-ring (bicyclic) bond motifs is 2. The van der Waals surface area contributed by atoms with Crippen molar-refractivity contribution in [2.45, 2.75) is 24.9 Å². The van der Waals surface area contributed by atoms with Crippen LogP contribution in [0.2, 0.25) is 0 Å². The number of piperidine rings is 2. The molecule has 0 saturated carbocycles. The topological polar surface area (TPSA) is 52.2 Å². The van der Waals surface area contributed by atoms with E-state index >= 15 is 0 Å². The van der Waals surface area contributed by atoms with Gasteiger partial charge < -0.3 is 9.80 Å². The quantitative estimate of drug-likeness (QED) is 0.923. The number of nitrogens with zero attached hydrogens (tertiary/aromatic N) is 3. The number of hydrogen-bond acceptors (Lipinski definition) is 3. The molecule has 1 N–H and O–H groups in total. The molecule has 0 spiro atoms. The van der Waals surface area contributed by atoms with Gasteiger partial charge in [-0.05, 0) is 24.8 Å². The van der Waals surface area contributed by atoms with Gasteiger partial charge in [0.25, 0.3) is 5.91 Å². The van der Waals surface area contributed by atoms with Gasteiger partial charge in [-0.3, -0.25) is 9.89 Å². The van der Waals surface area contributed by atoms with Crippen molar-refractivity contribution in [3.8, 4) is 11.3 Å². The van der Waals surface area contributed by atoms with Crippen LogP contribution in [0.1, 0.15) is 23.3 Å². The number of nitrogens with one attached hydrogen (secondary N) is 1. The maximum atomic E-state index is 13.1. The van der Waals surface area contributed by atoms with Gasteiger partial charge in [-0.1, -0.05) is 30.3 Å². The molecule has 5 heteroatoms. The van der Waals surface area contributed by atoms with E-state index in [1.807, 2.05) is 36.4 Å². The highest BCUT2D eigenvalue weighted by molar-refractivity contribution is 5.94. The molecule has 1 aromatic carbocycles. The summed E-state index contributed by atoms with van der Waals surface area (Å²) in [5.74, 6) is 0.795. The molecule has 1 aromatic heterocycles. The van der Waals surface area contributed by atoms with E-state index in [4.69, 9.17) is 0 Å². The van der Waals surface area contributed by atoms with Gasteiger partial charge >= 0.3 is 0 Å². The summed E-state index contributed by atoms with van der Waals surface area (Å²) < 4.78 is 0. The monoisotopic (exact) mass is 308 g/mol. The van der Waals surface area contributed by atoms with Crippen LogP contribution in [0.4, 0.5) is 0 Å². The molecule has 4 atom stereocenters. The van der Waals surface area contributed by atoms with E-state index < -0.39 is 0 Å². The van der Waals surface area contributed by atoms with Crippen molar-refractivity contribution in [1.29, 1.82) is 0 Å². The van der Waals surface area contributed by atoms with Crippen LogP contribution in [0.15, 0.2) is 36.4 Å². The van der Waals surface area contributed by atoms with Crippen molar-refractivity contribution in [1.82, 2.24) is 20.0 Å². The first-order valence-electron chi connectivity index (χ1n) is 8.45. The highest BCUT2D eigenvalue weighted by Gasteiger charge is 2.50. The second-order valence-corrected chi connectivity index (χ2v) is 7.01. The number of H-pyrrole nitrogens is 1. The predicted octanol–water partition coefficient (Wildman–Crippen LogP) is 2.00. The first-order chi connectivity index (χ1) is 11.3. The summed E-state index contributed by atoms with van der Waals surface area (Å²) in [6.45, 7) is 3.35. The lowest BCUT2D eigenvalue weighted by molar-refractivity contribution is 0.0666. The number of amides is 1. The van der Waals surface area contributed by atoms with Crippen LogP contribution in [-0.2, 0) is 0 Å². The third kappa shape index (κ3) is 2.03. The van der Waals surface area contributed by atoms with E-state index in [0.717, 1.165) is 30.8 Å². The average molecular weight is 308 g/mol. The Morgan fingerprint density at radius 1 is 1.22 bits per heavy atom. The van der Waals surface area contributed by atoms with Crippen LogP contribution in [0, 0.1) is 5.92 Å². The van der Waals surface area contributed by atoms with Gasteiger partial charge in [0.15, 0.2) is 0 Å². The molecule has 5 rings (SSSR count). The molecule has 5 nitrogen and oxygen atoms in total. The third-order valence-corrected chi connectivity index (χ3v) is 5.68. The van der Waals surface area contributed by atoms with Gasteiger partial charge in [-0.25, -0.2) is 0 Å². The number of rotatable bonds is 2. The molecule has 2 aromatic rings. The van der Waals surface area contributed by atoms with E-state index in [9.17, 15) is 4.79 Å². The Bertz CT molecular complexity index is 740. The molecule has 3 saturated heterocycles. The molecule has 4 unspecified atom stereocenters. The Kier molecular flexibility index (Phi) is 2.85. The van der Waals surface area contributed by atoms with Crippen LogP contribution in [0.5, 0.6) is 0 Å². The minimum Gasteiger partial charge on any atom is -0.330 e. The van der Waals surface area contributed by atoms with Crippen molar-refractivity contribution in [2.24, 2.45) is 5.92 Å². The molecule has 0 radical (unpaired) electrons. The van der Waals surface area contributed by atoms with Crippen LogP contribution in [0.25, 0.3) is 11.3 Å². The summed E-state index contributed by atoms with van der Waals surface area (Å²) in [6, 6.07) is 12.7. The fourth-order valence-electron chi connectivity index (χ4n) is 4.70. The molecule has 3 bridgehead atoms. The summed E-state index contributed by atoms with van der Waals surface area (Å²) in [6.07, 6.45) is 2.29. The SMILES string of the molecule is O=C(c1cc(-c2ccccc2)n[nH]1)N1C2CC3CN(CCC31)C2. The largest absolute Gasteiger partial charge is 0.330 e. The van der Waals surface area contributed by atoms with Crippen LogP contribution < -0.4 is 0 Å². The molecule has 4 heterocycles. The van der Waals surface area contributed by atoms with Gasteiger partial charge in [0.05, 0.1) is 5.69 Å². The Hall–Kier alpha value is -2.14. The smallest absolute Gasteiger partial charge is 0.272 e. The minimum absolute atomic E-state index is 0.126. The highest BCUT2D eigenvalue weighted by atomic mass is 16.2. The van der Waals surface area contributed by atoms with E-state index in [1.54, 1.807) is 0 Å². The van der Waals surface area contributed by atoms with Crippen molar-refractivity contribution >= 4 is 5.91 Å². The number of benzene rings is 1. The summed E-state index contributed by atoms with van der Waals surface area (Å²) in [5.41, 5.74) is 2.49. The molecule has 3 aliphatic rings. The minimum atomic E-state index is 0.126. The van der Waals surface area contributed by atoms with E-state index in [2.05, 4.69) is 20.0 Å². The van der Waals surface area contributed by atoms with E-state index in [0.29, 0.717) is 23.7 Å². The van der Waals surface area contributed by atoms with Gasteiger partial charge in [0.2, 0.25) is 0 Å². The zero-order chi connectivity index (χ0) is 15.4. The van der Waals surface area contributed by atoms with Gasteiger partial charge in [0.1, 0.15) is 5.69 Å². The summed E-state index contributed by atoms with van der Waals surface area (Å²) in [4.78, 5) is 17.7. The Morgan fingerprint density at radius 3 is 2.96 bits per heavy atom. The molecule has 3 fully saturated rings. The Balaban J connectivity index is 1.44. The van der Waals surface area contributed by atoms with Crippen LogP contribution in [0.3, 0.4) is 0 Å². The maximum absolute atomic E-state index is 13.1. The maximum Gasteiger partial charge on any atom is 0.272 e. The first kappa shape index (κ1) is 13.3. The Morgan fingerprint density at radius 2 is 2.09 bits per heavy atom. The lowest BCUT2D eigenvalue weighted by atomic mass is 9.89. The van der Waals surface area contributed by atoms with Gasteiger partial charge in [0, 0.05) is 37.3 Å². The third-order valence-electron chi connectivity index (χ3n) is 5.68. The second kappa shape index (κ2) is 4.93.